The molecule has 1 saturated carbocycles. The minimum absolute atomic E-state index is 0.0345. The van der Waals surface area contributed by atoms with E-state index in [0.717, 1.165) is 25.9 Å². The zero-order chi connectivity index (χ0) is 13.1. The van der Waals surface area contributed by atoms with Crippen LogP contribution < -0.4 is 5.73 Å². The first-order valence-corrected chi connectivity index (χ1v) is 6.60. The van der Waals surface area contributed by atoms with Crippen LogP contribution in [-0.4, -0.2) is 53.0 Å². The second-order valence-corrected chi connectivity index (χ2v) is 5.84. The maximum Gasteiger partial charge on any atom is 0.260 e. The molecule has 2 N–H and O–H groups in total. The Hall–Kier alpha value is -0.750. The molecule has 0 aromatic heterocycles. The molecule has 2 bridgehead atoms. The molecule has 6 heteroatoms. The lowest BCUT2D eigenvalue weighted by molar-refractivity contribution is -0.141. The van der Waals surface area contributed by atoms with E-state index in [-0.39, 0.29) is 30.6 Å². The van der Waals surface area contributed by atoms with Crippen LogP contribution in [-0.2, 0) is 4.79 Å². The molecule has 2 saturated heterocycles. The number of likely N-dealkylation sites (tertiary alicyclic amines) is 1. The normalized spacial score (nSPS) is 39.8. The molecule has 1 aliphatic carbocycles. The first-order chi connectivity index (χ1) is 8.40. The Bertz CT molecular complexity index is 360. The van der Waals surface area contributed by atoms with Crippen LogP contribution in [0.15, 0.2) is 0 Å². The lowest BCUT2D eigenvalue weighted by Crippen LogP contribution is -2.59. The number of rotatable bonds is 2. The van der Waals surface area contributed by atoms with Gasteiger partial charge in [-0.25, -0.2) is 8.78 Å². The van der Waals surface area contributed by atoms with Gasteiger partial charge in [0.05, 0.1) is 6.17 Å². The van der Waals surface area contributed by atoms with E-state index in [4.69, 9.17) is 5.73 Å². The van der Waals surface area contributed by atoms with E-state index >= 15 is 0 Å². The summed E-state index contributed by atoms with van der Waals surface area (Å²) in [7, 11) is 0. The third-order valence-electron chi connectivity index (χ3n) is 4.46. The van der Waals surface area contributed by atoms with Crippen molar-refractivity contribution in [3.05, 3.63) is 0 Å². The number of carbonyl (C=O) groups excluding carboxylic acids is 1. The van der Waals surface area contributed by atoms with E-state index in [1.165, 1.54) is 0 Å². The Balaban J connectivity index is 1.71. The fourth-order valence-electron chi connectivity index (χ4n) is 3.29. The van der Waals surface area contributed by atoms with E-state index in [9.17, 15) is 13.6 Å². The Morgan fingerprint density at radius 1 is 1.33 bits per heavy atom. The molecule has 18 heavy (non-hydrogen) atoms. The number of nitrogens with two attached hydrogens (primary N) is 1. The average Bonchev–Trinajstić information content (AvgIpc) is 2.85. The highest BCUT2D eigenvalue weighted by molar-refractivity contribution is 5.84. The number of nitrogens with zero attached hydrogens (tertiary/aromatic N) is 2. The van der Waals surface area contributed by atoms with Gasteiger partial charge >= 0.3 is 0 Å². The summed E-state index contributed by atoms with van der Waals surface area (Å²) in [4.78, 5) is 16.0. The van der Waals surface area contributed by atoms with Crippen molar-refractivity contribution in [2.45, 2.75) is 50.4 Å². The number of piperazine rings is 1. The smallest absolute Gasteiger partial charge is 0.260 e. The van der Waals surface area contributed by atoms with Gasteiger partial charge in [-0.3, -0.25) is 9.69 Å². The summed E-state index contributed by atoms with van der Waals surface area (Å²) < 4.78 is 26.0. The molecule has 102 valence electrons. The first kappa shape index (κ1) is 12.3. The van der Waals surface area contributed by atoms with Crippen LogP contribution in [0.1, 0.15) is 26.2 Å². The third-order valence-corrected chi connectivity index (χ3v) is 4.46. The molecule has 4 atom stereocenters. The molecule has 0 aromatic carbocycles. The quantitative estimate of drug-likeness (QED) is 0.791. The zero-order valence-electron chi connectivity index (χ0n) is 10.5. The van der Waals surface area contributed by atoms with Crippen molar-refractivity contribution in [3.63, 3.8) is 0 Å². The van der Waals surface area contributed by atoms with Crippen molar-refractivity contribution >= 4 is 5.91 Å². The van der Waals surface area contributed by atoms with E-state index in [1.807, 2.05) is 6.92 Å². The summed E-state index contributed by atoms with van der Waals surface area (Å²) in [6.07, 6.45) is 1.53. The van der Waals surface area contributed by atoms with Crippen molar-refractivity contribution in [3.8, 4) is 0 Å². The van der Waals surface area contributed by atoms with Crippen LogP contribution in [0, 0.1) is 5.92 Å². The molecule has 4 nitrogen and oxygen atoms in total. The van der Waals surface area contributed by atoms with E-state index in [2.05, 4.69) is 4.90 Å². The number of halogens is 2. The van der Waals surface area contributed by atoms with Gasteiger partial charge in [-0.1, -0.05) is 0 Å². The minimum Gasteiger partial charge on any atom is -0.334 e. The molecule has 0 aromatic rings. The molecule has 3 rings (SSSR count). The van der Waals surface area contributed by atoms with Gasteiger partial charge in [0.1, 0.15) is 5.92 Å². The predicted octanol–water partition coefficient (Wildman–Crippen LogP) is 0.621. The van der Waals surface area contributed by atoms with Crippen molar-refractivity contribution < 1.29 is 13.6 Å². The maximum absolute atomic E-state index is 13.0. The van der Waals surface area contributed by atoms with Gasteiger partial charge in [0, 0.05) is 31.6 Å². The Morgan fingerprint density at radius 3 is 2.22 bits per heavy atom. The Morgan fingerprint density at radius 2 is 1.83 bits per heavy atom. The monoisotopic (exact) mass is 259 g/mol. The molecular weight excluding hydrogens is 240 g/mol. The summed E-state index contributed by atoms with van der Waals surface area (Å²) in [5.74, 6) is -4.14. The van der Waals surface area contributed by atoms with Crippen molar-refractivity contribution in [2.24, 2.45) is 11.7 Å². The molecule has 2 heterocycles. The summed E-state index contributed by atoms with van der Waals surface area (Å²) in [5.41, 5.74) is 5.86. The average molecular weight is 259 g/mol. The highest BCUT2D eigenvalue weighted by atomic mass is 19.3. The van der Waals surface area contributed by atoms with Crippen LogP contribution in [0.4, 0.5) is 8.78 Å². The minimum atomic E-state index is -2.76. The van der Waals surface area contributed by atoms with Crippen molar-refractivity contribution in [1.29, 1.82) is 0 Å². The number of hydrogen-bond donors (Lipinski definition) is 1. The van der Waals surface area contributed by atoms with Gasteiger partial charge in [0.25, 0.3) is 5.92 Å². The number of hydrogen-bond acceptors (Lipinski definition) is 3. The number of alkyl halides is 2. The second kappa shape index (κ2) is 3.87. The maximum atomic E-state index is 13.0. The summed E-state index contributed by atoms with van der Waals surface area (Å²) in [5, 5.41) is 0. The number of carbonyl (C=O) groups is 1. The molecule has 3 aliphatic rings. The molecule has 1 unspecified atom stereocenters. The van der Waals surface area contributed by atoms with Gasteiger partial charge in [0.2, 0.25) is 5.91 Å². The Kier molecular flexibility index (Phi) is 2.64. The summed E-state index contributed by atoms with van der Waals surface area (Å²) in [6.45, 7) is 3.36. The van der Waals surface area contributed by atoms with Gasteiger partial charge in [0.15, 0.2) is 0 Å². The topological polar surface area (TPSA) is 49.6 Å². The van der Waals surface area contributed by atoms with E-state index < -0.39 is 11.8 Å². The fourth-order valence-corrected chi connectivity index (χ4v) is 3.29. The summed E-state index contributed by atoms with van der Waals surface area (Å²) >= 11 is 0. The molecular formula is C12H19F2N3O. The first-order valence-electron chi connectivity index (χ1n) is 6.60. The number of fused-ring (bicyclic) bond motifs is 2. The van der Waals surface area contributed by atoms with E-state index in [1.54, 1.807) is 4.90 Å². The van der Waals surface area contributed by atoms with Crippen LogP contribution in [0.3, 0.4) is 0 Å². The van der Waals surface area contributed by atoms with Gasteiger partial charge < -0.3 is 10.6 Å². The lowest BCUT2D eigenvalue weighted by Gasteiger charge is -2.42. The molecule has 0 radical (unpaired) electrons. The Labute approximate surface area is 105 Å². The van der Waals surface area contributed by atoms with E-state index in [0.29, 0.717) is 0 Å². The van der Waals surface area contributed by atoms with Crippen LogP contribution in [0.5, 0.6) is 0 Å². The third kappa shape index (κ3) is 1.82. The molecule has 3 fully saturated rings. The SMILES string of the molecule is CC(N)N1C[C@H]2CC[C@@H](C1)N2C(=O)[C@@H]1CC1(F)F. The molecule has 1 amide bonds. The second-order valence-electron chi connectivity index (χ2n) is 5.84. The predicted molar refractivity (Wildman–Crippen MR) is 61.9 cm³/mol. The van der Waals surface area contributed by atoms with Crippen molar-refractivity contribution in [2.75, 3.05) is 13.1 Å². The number of amides is 1. The zero-order valence-corrected chi connectivity index (χ0v) is 10.5. The molecule has 2 aliphatic heterocycles. The largest absolute Gasteiger partial charge is 0.334 e. The van der Waals surface area contributed by atoms with Crippen LogP contribution >= 0.6 is 0 Å². The highest BCUT2D eigenvalue weighted by Gasteiger charge is 2.63. The summed E-state index contributed by atoms with van der Waals surface area (Å²) in [6, 6.07) is 0.164. The van der Waals surface area contributed by atoms with Gasteiger partial charge in [-0.15, -0.1) is 0 Å². The van der Waals surface area contributed by atoms with Gasteiger partial charge in [-0.2, -0.15) is 0 Å². The van der Waals surface area contributed by atoms with Crippen molar-refractivity contribution in [1.82, 2.24) is 9.80 Å². The standard InChI is InChI=1S/C12H19F2N3O/c1-7(15)16-5-8-2-3-9(6-16)17(8)11(18)10-4-12(10,13)14/h7-10H,2-6,15H2,1H3/t7?,8-,9+,10-/m0/s1. The molecule has 0 spiro atoms. The van der Waals surface area contributed by atoms with Gasteiger partial charge in [-0.05, 0) is 19.8 Å². The fraction of sp³-hybridized carbons (Fsp3) is 0.917. The van der Waals surface area contributed by atoms with Crippen LogP contribution in [0.25, 0.3) is 0 Å². The van der Waals surface area contributed by atoms with Crippen LogP contribution in [0.2, 0.25) is 0 Å². The lowest BCUT2D eigenvalue weighted by atomic mass is 10.1. The highest BCUT2D eigenvalue weighted by Crippen LogP contribution is 2.51.